The number of thioether (sulfide) groups is 1. The molecule has 1 aromatic rings. The van der Waals surface area contributed by atoms with Crippen LogP contribution in [-0.2, 0) is 0 Å². The highest BCUT2D eigenvalue weighted by atomic mass is 32.2. The Labute approximate surface area is 109 Å². The van der Waals surface area contributed by atoms with Crippen LogP contribution in [-0.4, -0.2) is 56.9 Å². The summed E-state index contributed by atoms with van der Waals surface area (Å²) in [4.78, 5) is 8.21. The number of nitrogens with zero attached hydrogens (tertiary/aromatic N) is 2. The van der Waals surface area contributed by atoms with E-state index >= 15 is 0 Å². The van der Waals surface area contributed by atoms with Crippen LogP contribution in [0.4, 0.5) is 11.6 Å². The zero-order chi connectivity index (χ0) is 13.6. The largest absolute Gasteiger partial charge is 0.394 e. The van der Waals surface area contributed by atoms with Gasteiger partial charge in [0.25, 0.3) is 0 Å². The summed E-state index contributed by atoms with van der Waals surface area (Å²) < 4.78 is 0. The molecule has 7 N–H and O–H groups in total. The number of aromatic nitrogens is 2. The van der Waals surface area contributed by atoms with Gasteiger partial charge in [0.2, 0.25) is 0 Å². The molecule has 0 radical (unpaired) electrons. The molecule has 0 amide bonds. The van der Waals surface area contributed by atoms with Crippen LogP contribution in [0.25, 0.3) is 0 Å². The van der Waals surface area contributed by atoms with Gasteiger partial charge in [0.05, 0.1) is 19.8 Å². The molecule has 18 heavy (non-hydrogen) atoms. The van der Waals surface area contributed by atoms with Gasteiger partial charge >= 0.3 is 0 Å². The van der Waals surface area contributed by atoms with Crippen molar-refractivity contribution in [3.8, 4) is 0 Å². The number of hydrogen-bond acceptors (Lipinski definition) is 9. The van der Waals surface area contributed by atoms with Gasteiger partial charge in [0.1, 0.15) is 17.2 Å². The molecule has 0 unspecified atom stereocenters. The number of nitrogen functional groups attached to an aromatic ring is 1. The lowest BCUT2D eigenvalue weighted by atomic mass is 10.0. The van der Waals surface area contributed by atoms with E-state index < -0.39 is 25.4 Å². The van der Waals surface area contributed by atoms with Crippen molar-refractivity contribution in [1.29, 1.82) is 0 Å². The number of hydrogen-bond donors (Lipinski definition) is 6. The molecule has 8 nitrogen and oxygen atoms in total. The number of aliphatic hydroxyl groups is 3. The monoisotopic (exact) mass is 275 g/mol. The molecule has 1 heterocycles. The molecule has 0 spiro atoms. The summed E-state index contributed by atoms with van der Waals surface area (Å²) in [7, 11) is 0. The Morgan fingerprint density at radius 2 is 1.78 bits per heavy atom. The molecule has 0 bridgehead atoms. The van der Waals surface area contributed by atoms with Gasteiger partial charge in [0, 0.05) is 6.07 Å². The minimum absolute atomic E-state index is 0.347. The van der Waals surface area contributed by atoms with Gasteiger partial charge in [-0.2, -0.15) is 0 Å². The predicted molar refractivity (Wildman–Crippen MR) is 69.2 cm³/mol. The van der Waals surface area contributed by atoms with E-state index in [2.05, 4.69) is 20.7 Å². The number of hydrazine groups is 1. The highest BCUT2D eigenvalue weighted by Gasteiger charge is 2.28. The molecular weight excluding hydrogens is 258 g/mol. The Morgan fingerprint density at radius 1 is 1.22 bits per heavy atom. The Bertz CT molecular complexity index is 358. The number of anilines is 2. The van der Waals surface area contributed by atoms with Crippen molar-refractivity contribution in [1.82, 2.24) is 9.97 Å². The van der Waals surface area contributed by atoms with E-state index in [0.717, 1.165) is 0 Å². The Balaban J connectivity index is 3.01. The van der Waals surface area contributed by atoms with Crippen LogP contribution in [0.2, 0.25) is 0 Å². The fourth-order valence-electron chi connectivity index (χ4n) is 1.19. The van der Waals surface area contributed by atoms with Crippen LogP contribution in [0.15, 0.2) is 11.2 Å². The molecule has 0 aliphatic rings. The summed E-state index contributed by atoms with van der Waals surface area (Å²) in [6, 6.07) is 1.51. The quantitative estimate of drug-likeness (QED) is 0.154. The van der Waals surface area contributed by atoms with Crippen LogP contribution in [0, 0.1) is 0 Å². The van der Waals surface area contributed by atoms with Crippen molar-refractivity contribution >= 4 is 23.4 Å². The first-order valence-corrected chi connectivity index (χ1v) is 6.36. The van der Waals surface area contributed by atoms with Gasteiger partial charge < -0.3 is 26.1 Å². The summed E-state index contributed by atoms with van der Waals surface area (Å²) in [6.45, 7) is -1.32. The van der Waals surface area contributed by atoms with Crippen LogP contribution in [0.1, 0.15) is 0 Å². The first-order chi connectivity index (χ1) is 8.62. The smallest absolute Gasteiger partial charge is 0.191 e. The minimum atomic E-state index is -1.24. The van der Waals surface area contributed by atoms with Crippen molar-refractivity contribution in [3.05, 3.63) is 6.07 Å². The average Bonchev–Trinajstić information content (AvgIpc) is 2.44. The zero-order valence-electron chi connectivity index (χ0n) is 9.92. The SMILES string of the molecule is CSc1nc(NN)cc(NC(CO)(CO)CO)n1. The third-order valence-corrected chi connectivity index (χ3v) is 2.89. The Kier molecular flexibility index (Phi) is 5.56. The standard InChI is InChI=1S/C9H17N5O3S/c1-18-8-11-6(2-7(12-8)14-10)13-9(3-15,4-16)5-17/h2,15-17H,3-5,10H2,1H3,(H2,11,12,13,14). The number of nitrogens with two attached hydrogens (primary N) is 1. The molecule has 9 heteroatoms. The zero-order valence-corrected chi connectivity index (χ0v) is 10.7. The van der Waals surface area contributed by atoms with E-state index in [9.17, 15) is 15.3 Å². The average molecular weight is 275 g/mol. The lowest BCUT2D eigenvalue weighted by Gasteiger charge is -2.29. The summed E-state index contributed by atoms with van der Waals surface area (Å²) >= 11 is 1.32. The molecule has 0 aliphatic carbocycles. The molecule has 1 rings (SSSR count). The number of aliphatic hydroxyl groups excluding tert-OH is 3. The van der Waals surface area contributed by atoms with Crippen LogP contribution < -0.4 is 16.6 Å². The van der Waals surface area contributed by atoms with E-state index in [1.165, 1.54) is 17.8 Å². The second kappa shape index (κ2) is 6.71. The lowest BCUT2D eigenvalue weighted by Crippen LogP contribution is -2.49. The molecular formula is C9H17N5O3S. The Hall–Kier alpha value is -1.13. The van der Waals surface area contributed by atoms with E-state index in [-0.39, 0.29) is 0 Å². The van der Waals surface area contributed by atoms with Crippen molar-refractivity contribution in [3.63, 3.8) is 0 Å². The Morgan fingerprint density at radius 3 is 2.22 bits per heavy atom. The van der Waals surface area contributed by atoms with Gasteiger partial charge in [-0.15, -0.1) is 0 Å². The molecule has 1 aromatic heterocycles. The maximum absolute atomic E-state index is 9.22. The summed E-state index contributed by atoms with van der Waals surface area (Å²) in [5, 5.41) is 30.9. The van der Waals surface area contributed by atoms with Crippen molar-refractivity contribution in [2.45, 2.75) is 10.7 Å². The molecule has 0 saturated heterocycles. The fourth-order valence-corrected chi connectivity index (χ4v) is 1.57. The molecule has 102 valence electrons. The molecule has 0 aliphatic heterocycles. The molecule has 0 fully saturated rings. The molecule has 0 atom stereocenters. The lowest BCUT2D eigenvalue weighted by molar-refractivity contribution is 0.0830. The minimum Gasteiger partial charge on any atom is -0.394 e. The maximum atomic E-state index is 9.22. The third-order valence-electron chi connectivity index (χ3n) is 2.34. The second-order valence-electron chi connectivity index (χ2n) is 3.65. The molecule has 0 aromatic carbocycles. The fraction of sp³-hybridized carbons (Fsp3) is 0.556. The summed E-state index contributed by atoms with van der Waals surface area (Å²) in [6.07, 6.45) is 1.80. The normalized spacial score (nSPS) is 11.4. The van der Waals surface area contributed by atoms with Gasteiger partial charge in [0.15, 0.2) is 5.16 Å². The second-order valence-corrected chi connectivity index (χ2v) is 4.42. The van der Waals surface area contributed by atoms with E-state index in [1.54, 1.807) is 6.26 Å². The number of rotatable bonds is 7. The summed E-state index contributed by atoms with van der Waals surface area (Å²) in [5.41, 5.74) is 1.15. The first-order valence-electron chi connectivity index (χ1n) is 5.13. The van der Waals surface area contributed by atoms with Gasteiger partial charge in [-0.3, -0.25) is 0 Å². The van der Waals surface area contributed by atoms with Crippen molar-refractivity contribution in [2.75, 3.05) is 36.8 Å². The van der Waals surface area contributed by atoms with E-state index in [0.29, 0.717) is 16.8 Å². The van der Waals surface area contributed by atoms with Gasteiger partial charge in [-0.1, -0.05) is 11.8 Å². The molecule has 0 saturated carbocycles. The highest BCUT2D eigenvalue weighted by Crippen LogP contribution is 2.19. The van der Waals surface area contributed by atoms with Gasteiger partial charge in [-0.25, -0.2) is 15.8 Å². The topological polar surface area (TPSA) is 137 Å². The van der Waals surface area contributed by atoms with Crippen LogP contribution >= 0.6 is 11.8 Å². The predicted octanol–water partition coefficient (Wildman–Crippen LogP) is -1.39. The van der Waals surface area contributed by atoms with Crippen LogP contribution in [0.3, 0.4) is 0 Å². The third kappa shape index (κ3) is 3.43. The first kappa shape index (κ1) is 14.9. The van der Waals surface area contributed by atoms with Crippen LogP contribution in [0.5, 0.6) is 0 Å². The maximum Gasteiger partial charge on any atom is 0.191 e. The van der Waals surface area contributed by atoms with Gasteiger partial charge in [-0.05, 0) is 6.26 Å². The van der Waals surface area contributed by atoms with Crippen molar-refractivity contribution < 1.29 is 15.3 Å². The number of nitrogens with one attached hydrogen (secondary N) is 2. The van der Waals surface area contributed by atoms with E-state index in [1.807, 2.05) is 0 Å². The summed E-state index contributed by atoms with van der Waals surface area (Å²) in [5.74, 6) is 6.01. The highest BCUT2D eigenvalue weighted by molar-refractivity contribution is 7.98. The van der Waals surface area contributed by atoms with E-state index in [4.69, 9.17) is 5.84 Å². The van der Waals surface area contributed by atoms with Crippen molar-refractivity contribution in [2.24, 2.45) is 5.84 Å².